The summed E-state index contributed by atoms with van der Waals surface area (Å²) >= 11 is 0. The molecule has 0 aromatic carbocycles. The van der Waals surface area contributed by atoms with E-state index < -0.39 is 11.7 Å². The fourth-order valence-corrected chi connectivity index (χ4v) is 2.56. The number of hydrogen-bond acceptors (Lipinski definition) is 5. The smallest absolute Gasteiger partial charge is 0.237 e. The Labute approximate surface area is 117 Å². The van der Waals surface area contributed by atoms with Crippen molar-refractivity contribution in [3.05, 3.63) is 12.0 Å². The highest BCUT2D eigenvalue weighted by Gasteiger charge is 2.27. The molecule has 1 heterocycles. The topological polar surface area (TPSA) is 84.1 Å². The lowest BCUT2D eigenvalue weighted by Crippen LogP contribution is -2.41. The first kappa shape index (κ1) is 14.5. The van der Waals surface area contributed by atoms with Gasteiger partial charge in [0.05, 0.1) is 12.7 Å². The molecule has 1 aliphatic rings. The molecule has 1 saturated carbocycles. The van der Waals surface area contributed by atoms with Crippen molar-refractivity contribution in [3.8, 4) is 0 Å². The van der Waals surface area contributed by atoms with Crippen LogP contribution in [0, 0.1) is 5.82 Å². The first-order valence-corrected chi connectivity index (χ1v) is 6.93. The van der Waals surface area contributed by atoms with Gasteiger partial charge in [0.15, 0.2) is 11.6 Å². The van der Waals surface area contributed by atoms with Gasteiger partial charge in [-0.1, -0.05) is 12.8 Å². The standard InChI is InChI=1S/C13H20FN5O/c1-2-16-13-17-7-10(14)12(18-13)19(8-11(15)20)9-5-3-4-6-9/h7,9H,2-6,8H2,1H3,(H2,15,20)(H,16,17,18). The van der Waals surface area contributed by atoms with Gasteiger partial charge >= 0.3 is 0 Å². The minimum Gasteiger partial charge on any atom is -0.368 e. The molecule has 3 N–H and O–H groups in total. The fourth-order valence-electron chi connectivity index (χ4n) is 2.56. The first-order valence-electron chi connectivity index (χ1n) is 6.93. The summed E-state index contributed by atoms with van der Waals surface area (Å²) in [4.78, 5) is 21.0. The fraction of sp³-hybridized carbons (Fsp3) is 0.615. The van der Waals surface area contributed by atoms with Crippen LogP contribution < -0.4 is 16.0 Å². The first-order chi connectivity index (χ1) is 9.61. The van der Waals surface area contributed by atoms with E-state index in [1.807, 2.05) is 6.92 Å². The molecule has 1 amide bonds. The number of nitrogens with two attached hydrogens (primary N) is 1. The van der Waals surface area contributed by atoms with E-state index in [0.717, 1.165) is 31.9 Å². The summed E-state index contributed by atoms with van der Waals surface area (Å²) in [5.74, 6) is -0.502. The number of aromatic nitrogens is 2. The van der Waals surface area contributed by atoms with Crippen LogP contribution >= 0.6 is 0 Å². The summed E-state index contributed by atoms with van der Waals surface area (Å²) in [5, 5.41) is 2.94. The molecule has 0 aliphatic heterocycles. The lowest BCUT2D eigenvalue weighted by molar-refractivity contribution is -0.116. The Morgan fingerprint density at radius 1 is 1.55 bits per heavy atom. The average molecular weight is 281 g/mol. The molecule has 0 spiro atoms. The highest BCUT2D eigenvalue weighted by Crippen LogP contribution is 2.28. The molecule has 110 valence electrons. The van der Waals surface area contributed by atoms with E-state index in [1.54, 1.807) is 4.90 Å². The minimum atomic E-state index is -0.528. The zero-order valence-corrected chi connectivity index (χ0v) is 11.6. The predicted octanol–water partition coefficient (Wildman–Crippen LogP) is 1.28. The summed E-state index contributed by atoms with van der Waals surface area (Å²) in [6, 6.07) is 0.112. The van der Waals surface area contributed by atoms with E-state index >= 15 is 0 Å². The van der Waals surface area contributed by atoms with Crippen molar-refractivity contribution in [1.29, 1.82) is 0 Å². The molecule has 7 heteroatoms. The van der Waals surface area contributed by atoms with Crippen molar-refractivity contribution in [1.82, 2.24) is 9.97 Å². The number of halogens is 1. The number of nitrogens with zero attached hydrogens (tertiary/aromatic N) is 3. The molecule has 2 rings (SSSR count). The van der Waals surface area contributed by atoms with Gasteiger partial charge in [0.25, 0.3) is 0 Å². The third kappa shape index (κ3) is 3.34. The Hall–Kier alpha value is -1.92. The average Bonchev–Trinajstić information content (AvgIpc) is 2.92. The SMILES string of the molecule is CCNc1ncc(F)c(N(CC(N)=O)C2CCCC2)n1. The van der Waals surface area contributed by atoms with Crippen molar-refractivity contribution >= 4 is 17.7 Å². The number of amides is 1. The van der Waals surface area contributed by atoms with Crippen molar-refractivity contribution in [2.45, 2.75) is 38.6 Å². The molecule has 6 nitrogen and oxygen atoms in total. The van der Waals surface area contributed by atoms with Gasteiger partial charge in [0.2, 0.25) is 11.9 Å². The number of primary amides is 1. The molecule has 0 bridgehead atoms. The number of anilines is 2. The Bertz CT molecular complexity index is 476. The molecule has 20 heavy (non-hydrogen) atoms. The van der Waals surface area contributed by atoms with E-state index in [1.165, 1.54) is 0 Å². The van der Waals surface area contributed by atoms with Crippen LogP contribution in [0.4, 0.5) is 16.2 Å². The normalized spacial score (nSPS) is 15.3. The van der Waals surface area contributed by atoms with Crippen LogP contribution in [0.3, 0.4) is 0 Å². The number of hydrogen-bond donors (Lipinski definition) is 2. The van der Waals surface area contributed by atoms with Gasteiger partial charge in [-0.3, -0.25) is 4.79 Å². The monoisotopic (exact) mass is 281 g/mol. The minimum absolute atomic E-state index is 0.0236. The van der Waals surface area contributed by atoms with E-state index in [4.69, 9.17) is 5.73 Å². The molecule has 0 atom stereocenters. The quantitative estimate of drug-likeness (QED) is 0.820. The molecule has 0 radical (unpaired) electrons. The zero-order chi connectivity index (χ0) is 14.5. The van der Waals surface area contributed by atoms with E-state index in [-0.39, 0.29) is 18.4 Å². The van der Waals surface area contributed by atoms with Crippen LogP contribution in [0.25, 0.3) is 0 Å². The molecular formula is C13H20FN5O. The largest absolute Gasteiger partial charge is 0.368 e. The maximum Gasteiger partial charge on any atom is 0.237 e. The van der Waals surface area contributed by atoms with Crippen LogP contribution in [0.15, 0.2) is 6.20 Å². The molecule has 0 unspecified atom stereocenters. The second kappa shape index (κ2) is 6.49. The summed E-state index contributed by atoms with van der Waals surface area (Å²) < 4.78 is 14.0. The van der Waals surface area contributed by atoms with Crippen LogP contribution in [0.5, 0.6) is 0 Å². The van der Waals surface area contributed by atoms with Crippen molar-refractivity contribution in [2.24, 2.45) is 5.73 Å². The highest BCUT2D eigenvalue weighted by atomic mass is 19.1. The summed E-state index contributed by atoms with van der Waals surface area (Å²) in [7, 11) is 0. The van der Waals surface area contributed by atoms with E-state index in [0.29, 0.717) is 12.5 Å². The van der Waals surface area contributed by atoms with Crippen LogP contribution in [-0.2, 0) is 4.79 Å². The number of rotatable bonds is 6. The maximum absolute atomic E-state index is 14.0. The number of carbonyl (C=O) groups excluding carboxylic acids is 1. The van der Waals surface area contributed by atoms with Crippen LogP contribution in [0.2, 0.25) is 0 Å². The second-order valence-corrected chi connectivity index (χ2v) is 4.93. The Morgan fingerprint density at radius 2 is 2.25 bits per heavy atom. The Morgan fingerprint density at radius 3 is 2.85 bits per heavy atom. The molecule has 0 saturated heterocycles. The zero-order valence-electron chi connectivity index (χ0n) is 11.6. The number of carbonyl (C=O) groups is 1. The third-order valence-corrected chi connectivity index (χ3v) is 3.42. The van der Waals surface area contributed by atoms with Gasteiger partial charge < -0.3 is 16.0 Å². The van der Waals surface area contributed by atoms with Crippen LogP contribution in [-0.4, -0.2) is 35.0 Å². The Balaban J connectivity index is 2.30. The van der Waals surface area contributed by atoms with Gasteiger partial charge in [0, 0.05) is 12.6 Å². The van der Waals surface area contributed by atoms with Crippen molar-refractivity contribution in [3.63, 3.8) is 0 Å². The molecule has 1 aromatic heterocycles. The summed E-state index contributed by atoms with van der Waals surface area (Å²) in [6.45, 7) is 2.53. The molecule has 1 aliphatic carbocycles. The van der Waals surface area contributed by atoms with Gasteiger partial charge in [0.1, 0.15) is 0 Å². The van der Waals surface area contributed by atoms with E-state index in [9.17, 15) is 9.18 Å². The van der Waals surface area contributed by atoms with Gasteiger partial charge in [-0.05, 0) is 19.8 Å². The second-order valence-electron chi connectivity index (χ2n) is 4.93. The molecular weight excluding hydrogens is 261 g/mol. The lowest BCUT2D eigenvalue weighted by Gasteiger charge is -2.29. The van der Waals surface area contributed by atoms with Crippen molar-refractivity contribution in [2.75, 3.05) is 23.3 Å². The van der Waals surface area contributed by atoms with Gasteiger partial charge in [-0.2, -0.15) is 4.98 Å². The van der Waals surface area contributed by atoms with Crippen LogP contribution in [0.1, 0.15) is 32.6 Å². The number of nitrogens with one attached hydrogen (secondary N) is 1. The third-order valence-electron chi connectivity index (χ3n) is 3.42. The van der Waals surface area contributed by atoms with Gasteiger partial charge in [-0.25, -0.2) is 9.37 Å². The predicted molar refractivity (Wildman–Crippen MR) is 75.0 cm³/mol. The summed E-state index contributed by atoms with van der Waals surface area (Å²) in [5.41, 5.74) is 5.28. The highest BCUT2D eigenvalue weighted by molar-refractivity contribution is 5.79. The molecule has 1 aromatic rings. The lowest BCUT2D eigenvalue weighted by atomic mass is 10.2. The van der Waals surface area contributed by atoms with Gasteiger partial charge in [-0.15, -0.1) is 0 Å². The maximum atomic E-state index is 14.0. The Kier molecular flexibility index (Phi) is 4.70. The van der Waals surface area contributed by atoms with Crippen molar-refractivity contribution < 1.29 is 9.18 Å². The summed E-state index contributed by atoms with van der Waals surface area (Å²) in [6.07, 6.45) is 5.13. The van der Waals surface area contributed by atoms with E-state index in [2.05, 4.69) is 15.3 Å². The molecule has 1 fully saturated rings.